The van der Waals surface area contributed by atoms with Crippen LogP contribution < -0.4 is 0 Å². The normalized spacial score (nSPS) is 14.5. The van der Waals surface area contributed by atoms with Gasteiger partial charge < -0.3 is 9.42 Å². The van der Waals surface area contributed by atoms with Gasteiger partial charge in [-0.05, 0) is 52.2 Å². The molecule has 0 aliphatic carbocycles. The number of amides is 1. The van der Waals surface area contributed by atoms with Crippen LogP contribution in [0.4, 0.5) is 0 Å². The number of carbonyl (C=O) groups excluding carboxylic acids is 1. The molecule has 1 fully saturated rings. The number of benzene rings is 2. The maximum absolute atomic E-state index is 12.5. The Morgan fingerprint density at radius 1 is 1.00 bits per heavy atom. The van der Waals surface area contributed by atoms with Crippen LogP contribution in [0.1, 0.15) is 11.1 Å². The molecular formula is C25H23ClN4O2S. The van der Waals surface area contributed by atoms with Crippen molar-refractivity contribution in [1.82, 2.24) is 19.9 Å². The van der Waals surface area contributed by atoms with E-state index in [1.165, 1.54) is 5.56 Å². The minimum absolute atomic E-state index is 0.211. The van der Waals surface area contributed by atoms with Gasteiger partial charge in [-0.3, -0.25) is 9.69 Å². The highest BCUT2D eigenvalue weighted by molar-refractivity contribution is 7.08. The van der Waals surface area contributed by atoms with Crippen LogP contribution in [0.5, 0.6) is 0 Å². The third-order valence-corrected chi connectivity index (χ3v) is 6.72. The van der Waals surface area contributed by atoms with Crippen LogP contribution in [0.25, 0.3) is 22.8 Å². The maximum Gasteiger partial charge on any atom is 0.258 e. The number of carbonyl (C=O) groups is 1. The molecule has 0 radical (unpaired) electrons. The van der Waals surface area contributed by atoms with Gasteiger partial charge in [0.2, 0.25) is 11.7 Å². The Morgan fingerprint density at radius 2 is 1.82 bits per heavy atom. The molecular weight excluding hydrogens is 456 g/mol. The first kappa shape index (κ1) is 21.8. The molecule has 4 aromatic rings. The summed E-state index contributed by atoms with van der Waals surface area (Å²) in [6.45, 7) is 4.06. The van der Waals surface area contributed by atoms with Gasteiger partial charge in [-0.15, -0.1) is 0 Å². The molecule has 0 unspecified atom stereocenters. The van der Waals surface area contributed by atoms with Crippen LogP contribution in [0.3, 0.4) is 0 Å². The number of halogens is 1. The van der Waals surface area contributed by atoms with E-state index in [0.717, 1.165) is 49.4 Å². The number of thiophene rings is 1. The zero-order valence-electron chi connectivity index (χ0n) is 18.0. The highest BCUT2D eigenvalue weighted by Crippen LogP contribution is 2.25. The highest BCUT2D eigenvalue weighted by Gasteiger charge is 2.21. The van der Waals surface area contributed by atoms with E-state index in [4.69, 9.17) is 16.1 Å². The number of hydrogen-bond donors (Lipinski definition) is 0. The highest BCUT2D eigenvalue weighted by atomic mass is 35.5. The molecule has 0 bridgehead atoms. The monoisotopic (exact) mass is 478 g/mol. The molecule has 33 heavy (non-hydrogen) atoms. The topological polar surface area (TPSA) is 62.5 Å². The molecule has 5 rings (SSSR count). The first-order valence-electron chi connectivity index (χ1n) is 10.8. The van der Waals surface area contributed by atoms with Gasteiger partial charge in [-0.25, -0.2) is 0 Å². The molecule has 1 aliphatic rings. The molecule has 168 valence electrons. The van der Waals surface area contributed by atoms with E-state index in [2.05, 4.69) is 27.2 Å². The van der Waals surface area contributed by atoms with Crippen LogP contribution >= 0.6 is 22.9 Å². The molecule has 0 atom stereocenters. The van der Waals surface area contributed by atoms with Crippen molar-refractivity contribution in [3.8, 4) is 22.8 Å². The second kappa shape index (κ2) is 9.87. The van der Waals surface area contributed by atoms with Gasteiger partial charge in [0.1, 0.15) is 0 Å². The zero-order chi connectivity index (χ0) is 22.6. The molecule has 0 N–H and O–H groups in total. The van der Waals surface area contributed by atoms with Gasteiger partial charge in [-0.1, -0.05) is 41.0 Å². The van der Waals surface area contributed by atoms with Crippen molar-refractivity contribution in [1.29, 1.82) is 0 Å². The molecule has 8 heteroatoms. The lowest BCUT2D eigenvalue weighted by Gasteiger charge is -2.34. The number of hydrogen-bond acceptors (Lipinski definition) is 6. The van der Waals surface area contributed by atoms with Crippen molar-refractivity contribution in [3.05, 3.63) is 81.5 Å². The quantitative estimate of drug-likeness (QED) is 0.390. The zero-order valence-corrected chi connectivity index (χ0v) is 19.6. The summed E-state index contributed by atoms with van der Waals surface area (Å²) in [5, 5.41) is 8.84. The molecule has 3 heterocycles. The molecule has 2 aromatic heterocycles. The minimum Gasteiger partial charge on any atom is -0.340 e. The van der Waals surface area contributed by atoms with Crippen LogP contribution in [-0.2, 0) is 17.8 Å². The Bertz CT molecular complexity index is 1230. The van der Waals surface area contributed by atoms with Crippen LogP contribution in [0.2, 0.25) is 5.02 Å². The van der Waals surface area contributed by atoms with E-state index < -0.39 is 0 Å². The van der Waals surface area contributed by atoms with Crippen molar-refractivity contribution in [2.75, 3.05) is 26.2 Å². The van der Waals surface area contributed by atoms with Crippen molar-refractivity contribution in [3.63, 3.8) is 0 Å². The third kappa shape index (κ3) is 5.33. The Balaban J connectivity index is 1.20. The fourth-order valence-electron chi connectivity index (χ4n) is 3.98. The summed E-state index contributed by atoms with van der Waals surface area (Å²) < 4.78 is 5.45. The molecule has 1 amide bonds. The van der Waals surface area contributed by atoms with Gasteiger partial charge in [0.25, 0.3) is 5.89 Å². The lowest BCUT2D eigenvalue weighted by molar-refractivity contribution is -0.132. The molecule has 1 aliphatic heterocycles. The van der Waals surface area contributed by atoms with Crippen molar-refractivity contribution in [2.45, 2.75) is 13.0 Å². The predicted octanol–water partition coefficient (Wildman–Crippen LogP) is 5.01. The van der Waals surface area contributed by atoms with Crippen molar-refractivity contribution in [2.24, 2.45) is 0 Å². The Hall–Kier alpha value is -3.00. The van der Waals surface area contributed by atoms with Crippen LogP contribution in [0, 0.1) is 0 Å². The van der Waals surface area contributed by atoms with Crippen LogP contribution in [-0.4, -0.2) is 52.0 Å². The average Bonchev–Trinajstić information content (AvgIpc) is 3.52. The first-order valence-corrected chi connectivity index (χ1v) is 12.2. The van der Waals surface area contributed by atoms with Gasteiger partial charge in [-0.2, -0.15) is 16.3 Å². The van der Waals surface area contributed by atoms with E-state index in [1.54, 1.807) is 17.4 Å². The predicted molar refractivity (Wildman–Crippen MR) is 130 cm³/mol. The average molecular weight is 479 g/mol. The van der Waals surface area contributed by atoms with Gasteiger partial charge in [0, 0.05) is 48.9 Å². The van der Waals surface area contributed by atoms with E-state index >= 15 is 0 Å². The second-order valence-corrected chi connectivity index (χ2v) is 9.32. The number of rotatable bonds is 6. The number of aromatic nitrogens is 2. The lowest BCUT2D eigenvalue weighted by atomic mass is 10.1. The Morgan fingerprint density at radius 3 is 2.61 bits per heavy atom. The molecule has 1 saturated heterocycles. The lowest BCUT2D eigenvalue weighted by Crippen LogP contribution is -2.48. The molecule has 6 nitrogen and oxygen atoms in total. The minimum atomic E-state index is 0.211. The summed E-state index contributed by atoms with van der Waals surface area (Å²) >= 11 is 7.70. The fraction of sp³-hybridized carbons (Fsp3) is 0.240. The molecule has 2 aromatic carbocycles. The number of piperazine rings is 1. The van der Waals surface area contributed by atoms with Crippen molar-refractivity contribution >= 4 is 28.8 Å². The van der Waals surface area contributed by atoms with E-state index in [-0.39, 0.29) is 5.91 Å². The van der Waals surface area contributed by atoms with Crippen molar-refractivity contribution < 1.29 is 9.32 Å². The summed E-state index contributed by atoms with van der Waals surface area (Å²) in [4.78, 5) is 21.4. The van der Waals surface area contributed by atoms with Crippen LogP contribution in [0.15, 0.2) is 69.9 Å². The Kier molecular flexibility index (Phi) is 6.53. The SMILES string of the molecule is O=C(Cc1ccsc1)N1CCN(Cc2cccc(-c3noc(-c4cccc(Cl)c4)n3)c2)CC1. The summed E-state index contributed by atoms with van der Waals surface area (Å²) in [5.74, 6) is 1.21. The maximum atomic E-state index is 12.5. The third-order valence-electron chi connectivity index (χ3n) is 5.75. The van der Waals surface area contributed by atoms with Gasteiger partial charge in [0.05, 0.1) is 6.42 Å². The number of nitrogens with zero attached hydrogens (tertiary/aromatic N) is 4. The van der Waals surface area contributed by atoms with E-state index in [1.807, 2.05) is 52.1 Å². The smallest absolute Gasteiger partial charge is 0.258 e. The first-order chi connectivity index (χ1) is 16.1. The summed E-state index contributed by atoms with van der Waals surface area (Å²) in [7, 11) is 0. The molecule has 0 saturated carbocycles. The standard InChI is InChI=1S/C25H23ClN4O2S/c26-22-6-2-5-21(15-22)25-27-24(28-32-25)20-4-1-3-18(13-20)16-29-8-10-30(11-9-29)23(31)14-19-7-12-33-17-19/h1-7,12-13,15,17H,8-11,14,16H2. The van der Waals surface area contributed by atoms with E-state index in [9.17, 15) is 4.79 Å². The largest absolute Gasteiger partial charge is 0.340 e. The fourth-order valence-corrected chi connectivity index (χ4v) is 4.84. The van der Waals surface area contributed by atoms with E-state index in [0.29, 0.717) is 23.2 Å². The second-order valence-electron chi connectivity index (χ2n) is 8.10. The molecule has 0 spiro atoms. The van der Waals surface area contributed by atoms with Gasteiger partial charge >= 0.3 is 0 Å². The summed E-state index contributed by atoms with van der Waals surface area (Å²) in [5.41, 5.74) is 3.99. The van der Waals surface area contributed by atoms with Gasteiger partial charge in [0.15, 0.2) is 0 Å². The Labute approximate surface area is 201 Å². The summed E-state index contributed by atoms with van der Waals surface area (Å²) in [6.07, 6.45) is 0.493. The summed E-state index contributed by atoms with van der Waals surface area (Å²) in [6, 6.07) is 17.6.